The van der Waals surface area contributed by atoms with Crippen molar-refractivity contribution in [3.63, 3.8) is 0 Å². The molecule has 0 spiro atoms. The number of aromatic nitrogens is 2. The van der Waals surface area contributed by atoms with Crippen molar-refractivity contribution in [3.8, 4) is 22.6 Å². The summed E-state index contributed by atoms with van der Waals surface area (Å²) in [7, 11) is 0. The molecule has 0 atom stereocenters. The molecular weight excluding hydrogens is 775 g/mol. The third kappa shape index (κ3) is 13.1. The molecule has 49 heavy (non-hydrogen) atoms. The molecule has 268 valence electrons. The number of H-pyrrole nitrogens is 1. The van der Waals surface area contributed by atoms with Gasteiger partial charge in [0.15, 0.2) is 0 Å². The number of benzene rings is 3. The number of imidazole rings is 1. The Kier molecular flexibility index (Phi) is 18.8. The van der Waals surface area contributed by atoms with E-state index in [9.17, 15) is 0 Å². The van der Waals surface area contributed by atoms with Gasteiger partial charge in [0.25, 0.3) is 0 Å². The lowest BCUT2D eigenvalue weighted by molar-refractivity contribution is 0.532. The monoisotopic (exact) mass is 838 g/mol. The quantitative estimate of drug-likeness (QED) is 0.0523. The summed E-state index contributed by atoms with van der Waals surface area (Å²) < 4.78 is 2.49. The van der Waals surface area contributed by atoms with Crippen LogP contribution in [-0.2, 0) is 19.3 Å². The average Bonchev–Trinajstić information content (AvgIpc) is 3.53. The zero-order chi connectivity index (χ0) is 34.7. The van der Waals surface area contributed by atoms with Crippen LogP contribution in [0.1, 0.15) is 166 Å². The van der Waals surface area contributed by atoms with Crippen LogP contribution in [0.15, 0.2) is 53.0 Å². The Hall–Kier alpha value is -1.66. The van der Waals surface area contributed by atoms with Crippen LogP contribution in [0.4, 0.5) is 0 Å². The van der Waals surface area contributed by atoms with Crippen molar-refractivity contribution in [2.75, 3.05) is 0 Å². The second-order valence-electron chi connectivity index (χ2n) is 14.5. The first-order chi connectivity index (χ1) is 24.0. The van der Waals surface area contributed by atoms with E-state index in [1.807, 2.05) is 0 Å². The number of nitrogens with zero attached hydrogens (tertiary/aromatic N) is 1. The summed E-state index contributed by atoms with van der Waals surface area (Å²) in [5.41, 5.74) is 7.70. The third-order valence-electron chi connectivity index (χ3n) is 10.2. The summed E-state index contributed by atoms with van der Waals surface area (Å²) >= 11 is 6.45. The average molecular weight is 840 g/mol. The van der Waals surface area contributed by atoms with Gasteiger partial charge in [-0.05, 0) is 94.8 Å². The first kappa shape index (κ1) is 40.1. The van der Waals surface area contributed by atoms with E-state index in [1.54, 1.807) is 0 Å². The van der Waals surface area contributed by atoms with Crippen LogP contribution in [0.2, 0.25) is 0 Å². The molecule has 0 aliphatic heterocycles. The first-order valence-corrected chi connectivity index (χ1v) is 22.0. The van der Waals surface area contributed by atoms with Gasteiger partial charge in [0.2, 0.25) is 0 Å². The largest absolute Gasteiger partial charge is 0.341 e. The molecule has 4 aromatic rings. The highest BCUT2D eigenvalue weighted by molar-refractivity contribution is 14.1. The van der Waals surface area contributed by atoms with Gasteiger partial charge in [0.05, 0.1) is 5.69 Å². The van der Waals surface area contributed by atoms with E-state index in [0.29, 0.717) is 0 Å². The van der Waals surface area contributed by atoms with Crippen molar-refractivity contribution < 1.29 is 0 Å². The molecule has 1 aromatic heterocycles. The molecule has 4 rings (SSSR count). The molecule has 1 N–H and O–H groups in total. The van der Waals surface area contributed by atoms with Crippen LogP contribution >= 0.6 is 38.5 Å². The number of aromatic amines is 1. The molecular formula is C45H64BrIN2. The van der Waals surface area contributed by atoms with Crippen molar-refractivity contribution in [2.24, 2.45) is 0 Å². The molecule has 0 unspecified atom stereocenters. The Bertz CT molecular complexity index is 1520. The summed E-state index contributed by atoms with van der Waals surface area (Å²) in [6.45, 7) is 6.85. The molecule has 3 aromatic carbocycles. The number of aryl methyl sites for hydroxylation is 3. The molecule has 0 fully saturated rings. The van der Waals surface area contributed by atoms with Gasteiger partial charge in [-0.2, -0.15) is 0 Å². The molecule has 1 heterocycles. The number of hydrogen-bond acceptors (Lipinski definition) is 1. The number of hydrogen-bond donors (Lipinski definition) is 1. The fourth-order valence-electron chi connectivity index (χ4n) is 7.29. The highest BCUT2D eigenvalue weighted by Gasteiger charge is 2.18. The number of fused-ring (bicyclic) bond motifs is 1. The second kappa shape index (κ2) is 23.0. The van der Waals surface area contributed by atoms with E-state index >= 15 is 0 Å². The third-order valence-corrected chi connectivity index (χ3v) is 11.9. The molecule has 0 aliphatic rings. The van der Waals surface area contributed by atoms with Crippen LogP contribution in [-0.4, -0.2) is 9.97 Å². The molecule has 0 amide bonds. The maximum absolute atomic E-state index is 5.40. The molecule has 0 saturated heterocycles. The minimum Gasteiger partial charge on any atom is -0.341 e. The number of nitrogens with one attached hydrogen (secondary N) is 1. The standard InChI is InChI=1S/C45H64BrIN2/c1-4-7-9-11-12-13-14-15-16-17-18-19-20-21-23-29-43-44(40-32-35(30-31-41(40)46)26-22-10-8-5-2)49-45(48-43)38-28-24-27-36-33-37(25-6-3)42(47)34-39(36)38/h24,27-28,30-34H,4-23,25-26,29H2,1-3H3,(H,48,49). The topological polar surface area (TPSA) is 28.7 Å². The normalized spacial score (nSPS) is 11.6. The van der Waals surface area contributed by atoms with Crippen LogP contribution in [0.5, 0.6) is 0 Å². The summed E-state index contributed by atoms with van der Waals surface area (Å²) in [6, 6.07) is 18.4. The second-order valence-corrected chi connectivity index (χ2v) is 16.5. The Morgan fingerprint density at radius 3 is 1.82 bits per heavy atom. The van der Waals surface area contributed by atoms with Crippen molar-refractivity contribution in [1.82, 2.24) is 9.97 Å². The lowest BCUT2D eigenvalue weighted by Crippen LogP contribution is -1.93. The Morgan fingerprint density at radius 1 is 0.592 bits per heavy atom. The molecule has 0 radical (unpaired) electrons. The van der Waals surface area contributed by atoms with E-state index in [-0.39, 0.29) is 0 Å². The van der Waals surface area contributed by atoms with Crippen molar-refractivity contribution in [3.05, 3.63) is 73.4 Å². The van der Waals surface area contributed by atoms with E-state index < -0.39 is 0 Å². The van der Waals surface area contributed by atoms with Crippen molar-refractivity contribution in [2.45, 2.75) is 168 Å². The van der Waals surface area contributed by atoms with E-state index in [4.69, 9.17) is 4.98 Å². The van der Waals surface area contributed by atoms with Crippen LogP contribution in [0.25, 0.3) is 33.4 Å². The SMILES string of the molecule is CCCCCCCCCCCCCCCCCc1[nH]c(-c2cccc3cc(CCC)c(I)cc23)nc1-c1cc(CCCCCC)ccc1Br. The Morgan fingerprint density at radius 2 is 1.18 bits per heavy atom. The summed E-state index contributed by atoms with van der Waals surface area (Å²) in [5.74, 6) is 0.996. The van der Waals surface area contributed by atoms with Gasteiger partial charge in [-0.25, -0.2) is 4.98 Å². The Labute approximate surface area is 321 Å². The van der Waals surface area contributed by atoms with Gasteiger partial charge in [-0.15, -0.1) is 0 Å². The molecule has 0 aliphatic carbocycles. The minimum atomic E-state index is 0.996. The van der Waals surface area contributed by atoms with Crippen LogP contribution < -0.4 is 0 Å². The van der Waals surface area contributed by atoms with Crippen molar-refractivity contribution >= 4 is 49.3 Å². The predicted octanol–water partition coefficient (Wildman–Crippen LogP) is 15.8. The highest BCUT2D eigenvalue weighted by Crippen LogP contribution is 2.36. The number of unbranched alkanes of at least 4 members (excludes halogenated alkanes) is 17. The van der Waals surface area contributed by atoms with Gasteiger partial charge in [0, 0.05) is 24.9 Å². The van der Waals surface area contributed by atoms with Gasteiger partial charge in [0.1, 0.15) is 5.82 Å². The van der Waals surface area contributed by atoms with Crippen molar-refractivity contribution in [1.29, 1.82) is 0 Å². The smallest absolute Gasteiger partial charge is 0.138 e. The number of rotatable bonds is 25. The summed E-state index contributed by atoms with van der Waals surface area (Å²) in [6.07, 6.45) is 30.5. The highest BCUT2D eigenvalue weighted by atomic mass is 127. The van der Waals surface area contributed by atoms with Gasteiger partial charge in [-0.1, -0.05) is 183 Å². The predicted molar refractivity (Wildman–Crippen MR) is 228 cm³/mol. The summed E-state index contributed by atoms with van der Waals surface area (Å²) in [5, 5.41) is 2.59. The van der Waals surface area contributed by atoms with Gasteiger partial charge < -0.3 is 4.98 Å². The lowest BCUT2D eigenvalue weighted by atomic mass is 10.00. The summed E-state index contributed by atoms with van der Waals surface area (Å²) in [4.78, 5) is 9.27. The maximum Gasteiger partial charge on any atom is 0.138 e. The fraction of sp³-hybridized carbons (Fsp3) is 0.578. The zero-order valence-electron chi connectivity index (χ0n) is 31.1. The molecule has 4 heteroatoms. The lowest BCUT2D eigenvalue weighted by Gasteiger charge is -2.09. The minimum absolute atomic E-state index is 0.996. The molecule has 2 nitrogen and oxygen atoms in total. The Balaban J connectivity index is 1.41. The first-order valence-electron chi connectivity index (χ1n) is 20.1. The molecule has 0 bridgehead atoms. The van der Waals surface area contributed by atoms with E-state index in [2.05, 4.69) is 113 Å². The van der Waals surface area contributed by atoms with E-state index in [1.165, 1.54) is 164 Å². The maximum atomic E-state index is 5.40. The van der Waals surface area contributed by atoms with Gasteiger partial charge >= 0.3 is 0 Å². The molecule has 0 saturated carbocycles. The number of halogens is 2. The van der Waals surface area contributed by atoms with Gasteiger partial charge in [-0.3, -0.25) is 0 Å². The van der Waals surface area contributed by atoms with E-state index in [0.717, 1.165) is 41.7 Å². The fourth-order valence-corrected chi connectivity index (χ4v) is 8.46. The zero-order valence-corrected chi connectivity index (χ0v) is 34.8. The van der Waals surface area contributed by atoms with Crippen LogP contribution in [0.3, 0.4) is 0 Å². The van der Waals surface area contributed by atoms with Crippen LogP contribution in [0, 0.1) is 3.57 Å².